The van der Waals surface area contributed by atoms with Crippen molar-refractivity contribution in [1.82, 2.24) is 29.5 Å². The third kappa shape index (κ3) is 4.85. The Morgan fingerprint density at radius 2 is 1.74 bits per heavy atom. The summed E-state index contributed by atoms with van der Waals surface area (Å²) in [4.78, 5) is 33.7. The van der Waals surface area contributed by atoms with Crippen LogP contribution in [0.4, 0.5) is 10.2 Å². The summed E-state index contributed by atoms with van der Waals surface area (Å²) in [5.74, 6) is 0.547. The molecule has 0 aliphatic carbocycles. The van der Waals surface area contributed by atoms with E-state index in [4.69, 9.17) is 9.72 Å². The molecule has 0 amide bonds. The molecular formula is C29H24FN7O2. The number of fused-ring (bicyclic) bond motifs is 2. The molecule has 3 aromatic heterocycles. The van der Waals surface area contributed by atoms with Gasteiger partial charge in [0.1, 0.15) is 17.4 Å². The highest BCUT2D eigenvalue weighted by Crippen LogP contribution is 2.26. The van der Waals surface area contributed by atoms with Crippen molar-refractivity contribution >= 4 is 27.9 Å². The first-order valence-electron chi connectivity index (χ1n) is 12.4. The number of aromatic nitrogens is 6. The molecule has 0 saturated carbocycles. The Kier molecular flexibility index (Phi) is 6.52. The molecule has 0 radical (unpaired) electrons. The number of hydrogen-bond donors (Lipinski definition) is 2. The Hall–Kier alpha value is -4.96. The lowest BCUT2D eigenvalue weighted by atomic mass is 10.1. The lowest BCUT2D eigenvalue weighted by Gasteiger charge is -2.23. The topological polar surface area (TPSA) is 111 Å². The van der Waals surface area contributed by atoms with E-state index in [1.54, 1.807) is 10.6 Å². The standard InChI is InChI=1S/C29H24FN7O2/c1-18-9-8-14-21-23(18)28(38)37(20-12-6-3-7-13-20)27(34-21)22(16-39-15-19-10-4-2-5-11-19)33-26-24-25(32-17-31-24)35-29(30)36-26/h2-14,17,22H,15-16H2,1H3,(H2,31,32,33,35,36). The average Bonchev–Trinajstić information content (AvgIpc) is 3.42. The number of nitrogens with zero attached hydrogens (tertiary/aromatic N) is 5. The number of anilines is 1. The second-order valence-corrected chi connectivity index (χ2v) is 9.05. The molecule has 0 spiro atoms. The van der Waals surface area contributed by atoms with Crippen molar-refractivity contribution < 1.29 is 9.13 Å². The smallest absolute Gasteiger partial charge is 0.312 e. The third-order valence-electron chi connectivity index (χ3n) is 6.42. The molecule has 9 nitrogen and oxygen atoms in total. The van der Waals surface area contributed by atoms with Crippen molar-refractivity contribution in [2.75, 3.05) is 11.9 Å². The summed E-state index contributed by atoms with van der Waals surface area (Å²) < 4.78 is 22.0. The number of halogens is 1. The minimum atomic E-state index is -0.916. The van der Waals surface area contributed by atoms with E-state index in [9.17, 15) is 9.18 Å². The quantitative estimate of drug-likeness (QED) is 0.275. The van der Waals surface area contributed by atoms with Crippen LogP contribution in [-0.2, 0) is 11.3 Å². The number of hydrogen-bond acceptors (Lipinski definition) is 7. The maximum absolute atomic E-state index is 14.3. The first-order chi connectivity index (χ1) is 19.1. The number of rotatable bonds is 8. The van der Waals surface area contributed by atoms with E-state index in [1.807, 2.05) is 79.7 Å². The molecule has 0 fully saturated rings. The zero-order valence-electron chi connectivity index (χ0n) is 21.0. The third-order valence-corrected chi connectivity index (χ3v) is 6.42. The van der Waals surface area contributed by atoms with Gasteiger partial charge < -0.3 is 15.0 Å². The normalized spacial score (nSPS) is 12.2. The van der Waals surface area contributed by atoms with Crippen LogP contribution in [0.5, 0.6) is 0 Å². The number of H-pyrrole nitrogens is 1. The van der Waals surface area contributed by atoms with Gasteiger partial charge in [-0.15, -0.1) is 0 Å². The SMILES string of the molecule is Cc1cccc2nc(C(COCc3ccccc3)Nc3nc(F)nc4[nH]cnc34)n(-c3ccccc3)c(=O)c12. The molecule has 194 valence electrons. The molecule has 39 heavy (non-hydrogen) atoms. The highest BCUT2D eigenvalue weighted by Gasteiger charge is 2.24. The Morgan fingerprint density at radius 3 is 2.54 bits per heavy atom. The molecular weight excluding hydrogens is 497 g/mol. The minimum absolute atomic E-state index is 0.100. The summed E-state index contributed by atoms with van der Waals surface area (Å²) in [6.07, 6.45) is 0.503. The van der Waals surface area contributed by atoms with Crippen molar-refractivity contribution in [2.45, 2.75) is 19.6 Å². The van der Waals surface area contributed by atoms with Gasteiger partial charge >= 0.3 is 6.08 Å². The molecule has 0 bridgehead atoms. The molecule has 3 aromatic carbocycles. The Bertz CT molecular complexity index is 1820. The van der Waals surface area contributed by atoms with Crippen LogP contribution in [0, 0.1) is 13.0 Å². The number of imidazole rings is 1. The van der Waals surface area contributed by atoms with Crippen molar-refractivity contribution in [2.24, 2.45) is 0 Å². The zero-order chi connectivity index (χ0) is 26.8. The predicted octanol–water partition coefficient (Wildman–Crippen LogP) is 4.87. The zero-order valence-corrected chi connectivity index (χ0v) is 21.0. The van der Waals surface area contributed by atoms with Gasteiger partial charge in [0.2, 0.25) is 0 Å². The summed E-state index contributed by atoms with van der Waals surface area (Å²) in [6, 6.07) is 23.9. The van der Waals surface area contributed by atoms with Gasteiger partial charge in [0.05, 0.1) is 36.1 Å². The van der Waals surface area contributed by atoms with E-state index in [2.05, 4.69) is 25.3 Å². The number of ether oxygens (including phenoxy) is 1. The largest absolute Gasteiger partial charge is 0.374 e. The van der Waals surface area contributed by atoms with Gasteiger partial charge in [-0.25, -0.2) is 9.97 Å². The number of para-hydroxylation sites is 1. The van der Waals surface area contributed by atoms with Crippen molar-refractivity contribution in [3.05, 3.63) is 119 Å². The van der Waals surface area contributed by atoms with Crippen molar-refractivity contribution in [3.63, 3.8) is 0 Å². The molecule has 2 N–H and O–H groups in total. The van der Waals surface area contributed by atoms with Crippen LogP contribution < -0.4 is 10.9 Å². The summed E-state index contributed by atoms with van der Waals surface area (Å²) in [5, 5.41) is 3.77. The van der Waals surface area contributed by atoms with E-state index in [0.717, 1.165) is 11.1 Å². The molecule has 3 heterocycles. The average molecular weight is 522 g/mol. The van der Waals surface area contributed by atoms with E-state index in [1.165, 1.54) is 6.33 Å². The molecule has 0 saturated heterocycles. The molecule has 0 aliphatic rings. The summed E-state index contributed by atoms with van der Waals surface area (Å²) in [6.45, 7) is 2.32. The van der Waals surface area contributed by atoms with Crippen LogP contribution in [0.2, 0.25) is 0 Å². The number of benzene rings is 3. The van der Waals surface area contributed by atoms with Crippen molar-refractivity contribution in [3.8, 4) is 5.69 Å². The van der Waals surface area contributed by atoms with Gasteiger partial charge in [0, 0.05) is 0 Å². The molecule has 6 aromatic rings. The number of aromatic amines is 1. The van der Waals surface area contributed by atoms with Gasteiger partial charge in [-0.1, -0.05) is 60.7 Å². The molecule has 1 atom stereocenters. The molecule has 0 aliphatic heterocycles. The Morgan fingerprint density at radius 1 is 0.974 bits per heavy atom. The first kappa shape index (κ1) is 24.4. The number of nitrogens with one attached hydrogen (secondary N) is 2. The second kappa shape index (κ2) is 10.4. The van der Waals surface area contributed by atoms with Crippen LogP contribution in [0.3, 0.4) is 0 Å². The Balaban J connectivity index is 1.51. The molecule has 1 unspecified atom stereocenters. The maximum atomic E-state index is 14.3. The summed E-state index contributed by atoms with van der Waals surface area (Å²) in [5.41, 5.74) is 3.39. The van der Waals surface area contributed by atoms with Crippen molar-refractivity contribution in [1.29, 1.82) is 0 Å². The van der Waals surface area contributed by atoms with Crippen LogP contribution in [0.1, 0.15) is 23.0 Å². The lowest BCUT2D eigenvalue weighted by molar-refractivity contribution is 0.110. The predicted molar refractivity (Wildman–Crippen MR) is 146 cm³/mol. The fourth-order valence-corrected chi connectivity index (χ4v) is 4.60. The highest BCUT2D eigenvalue weighted by atomic mass is 19.1. The fraction of sp³-hybridized carbons (Fsp3) is 0.138. The van der Waals surface area contributed by atoms with Crippen LogP contribution >= 0.6 is 0 Å². The first-order valence-corrected chi connectivity index (χ1v) is 12.4. The maximum Gasteiger partial charge on any atom is 0.312 e. The van der Waals surface area contributed by atoms with E-state index in [-0.39, 0.29) is 23.6 Å². The Labute approximate surface area is 222 Å². The van der Waals surface area contributed by atoms with Gasteiger partial charge in [-0.3, -0.25) is 9.36 Å². The molecule has 10 heteroatoms. The van der Waals surface area contributed by atoms with Gasteiger partial charge in [0.15, 0.2) is 11.5 Å². The minimum Gasteiger partial charge on any atom is -0.374 e. The van der Waals surface area contributed by atoms with Crippen LogP contribution in [-0.4, -0.2) is 36.1 Å². The van der Waals surface area contributed by atoms with Crippen LogP contribution in [0.25, 0.3) is 27.8 Å². The van der Waals surface area contributed by atoms with Gasteiger partial charge in [0.25, 0.3) is 5.56 Å². The number of aryl methyl sites for hydroxylation is 1. The highest BCUT2D eigenvalue weighted by molar-refractivity contribution is 5.83. The van der Waals surface area contributed by atoms with Crippen LogP contribution in [0.15, 0.2) is 90.0 Å². The fourth-order valence-electron chi connectivity index (χ4n) is 4.60. The van der Waals surface area contributed by atoms with E-state index >= 15 is 0 Å². The monoisotopic (exact) mass is 521 g/mol. The molecule has 6 rings (SSSR count). The van der Waals surface area contributed by atoms with E-state index in [0.29, 0.717) is 34.5 Å². The van der Waals surface area contributed by atoms with Gasteiger partial charge in [-0.2, -0.15) is 14.4 Å². The second-order valence-electron chi connectivity index (χ2n) is 9.05. The van der Waals surface area contributed by atoms with E-state index < -0.39 is 12.1 Å². The lowest BCUT2D eigenvalue weighted by Crippen LogP contribution is -2.31. The summed E-state index contributed by atoms with van der Waals surface area (Å²) >= 11 is 0. The van der Waals surface area contributed by atoms with Gasteiger partial charge in [-0.05, 0) is 36.2 Å². The summed E-state index contributed by atoms with van der Waals surface area (Å²) in [7, 11) is 0.